The van der Waals surface area contributed by atoms with E-state index < -0.39 is 0 Å². The molecule has 1 aliphatic heterocycles. The summed E-state index contributed by atoms with van der Waals surface area (Å²) in [5.41, 5.74) is 0. The summed E-state index contributed by atoms with van der Waals surface area (Å²) < 4.78 is 4.75. The van der Waals surface area contributed by atoms with Crippen molar-refractivity contribution >= 4 is 5.97 Å². The van der Waals surface area contributed by atoms with Crippen LogP contribution in [0.1, 0.15) is 12.8 Å². The quantitative estimate of drug-likeness (QED) is 0.613. The molecule has 0 aromatic rings. The molecule has 78 valence electrons. The maximum atomic E-state index is 11.4. The number of carbonyl (C=O) groups is 1. The van der Waals surface area contributed by atoms with Crippen LogP contribution in [-0.4, -0.2) is 47.8 Å². The van der Waals surface area contributed by atoms with Crippen LogP contribution in [0, 0.1) is 11.8 Å². The molecule has 1 heterocycles. The molecular formula is C10H15NO3. The number of ether oxygens (including phenoxy) is 1. The Kier molecular flexibility index (Phi) is 1.67. The summed E-state index contributed by atoms with van der Waals surface area (Å²) in [6.45, 7) is 0.650. The third-order valence-corrected chi connectivity index (χ3v) is 3.80. The molecule has 14 heavy (non-hydrogen) atoms. The van der Waals surface area contributed by atoms with E-state index in [0.29, 0.717) is 19.0 Å². The normalized spacial score (nSPS) is 50.0. The Morgan fingerprint density at radius 1 is 1.43 bits per heavy atom. The number of hydrogen-bond donors (Lipinski definition) is 1. The highest BCUT2D eigenvalue weighted by atomic mass is 16.5. The van der Waals surface area contributed by atoms with Gasteiger partial charge in [-0.2, -0.15) is 0 Å². The number of carbonyl (C=O) groups excluding carboxylic acids is 1. The smallest absolute Gasteiger partial charge is 0.323 e. The lowest BCUT2D eigenvalue weighted by Crippen LogP contribution is -2.40. The number of methoxy groups -OCH3 is 1. The Bertz CT molecular complexity index is 273. The molecule has 0 spiro atoms. The number of rotatable bonds is 2. The molecule has 0 aromatic carbocycles. The molecule has 0 aromatic heterocycles. The minimum atomic E-state index is -0.348. The van der Waals surface area contributed by atoms with Crippen LogP contribution in [0.2, 0.25) is 0 Å². The van der Waals surface area contributed by atoms with Crippen LogP contribution in [-0.2, 0) is 9.53 Å². The number of β-amino-alcohol motifs (C(OH)–C–C–N with tert-alkyl or cyclic N) is 1. The Labute approximate surface area is 82.8 Å². The molecule has 0 radical (unpaired) electrons. The van der Waals surface area contributed by atoms with Crippen molar-refractivity contribution in [3.63, 3.8) is 0 Å². The third-order valence-electron chi connectivity index (χ3n) is 3.80. The van der Waals surface area contributed by atoms with Gasteiger partial charge in [0.1, 0.15) is 6.04 Å². The fraction of sp³-hybridized carbons (Fsp3) is 0.900. The van der Waals surface area contributed by atoms with Crippen molar-refractivity contribution in [2.45, 2.75) is 31.0 Å². The monoisotopic (exact) mass is 197 g/mol. The number of hydrogen-bond acceptors (Lipinski definition) is 4. The number of esters is 1. The lowest BCUT2D eigenvalue weighted by Gasteiger charge is -2.24. The van der Waals surface area contributed by atoms with E-state index in [2.05, 4.69) is 4.90 Å². The molecule has 4 unspecified atom stereocenters. The van der Waals surface area contributed by atoms with Crippen molar-refractivity contribution in [1.29, 1.82) is 0 Å². The largest absolute Gasteiger partial charge is 0.468 e. The average Bonchev–Trinajstić information content (AvgIpc) is 3.00. The first-order chi connectivity index (χ1) is 6.72. The van der Waals surface area contributed by atoms with Crippen molar-refractivity contribution < 1.29 is 14.6 Å². The van der Waals surface area contributed by atoms with E-state index in [9.17, 15) is 9.90 Å². The van der Waals surface area contributed by atoms with Gasteiger partial charge in [-0.3, -0.25) is 9.69 Å². The number of aliphatic hydroxyl groups is 1. The van der Waals surface area contributed by atoms with E-state index in [-0.39, 0.29) is 18.1 Å². The van der Waals surface area contributed by atoms with Crippen LogP contribution in [0.5, 0.6) is 0 Å². The summed E-state index contributed by atoms with van der Waals surface area (Å²) in [6.07, 6.45) is 1.52. The fourth-order valence-corrected chi connectivity index (χ4v) is 2.77. The van der Waals surface area contributed by atoms with Crippen molar-refractivity contribution in [3.05, 3.63) is 0 Å². The molecule has 2 saturated carbocycles. The molecule has 4 atom stereocenters. The van der Waals surface area contributed by atoms with Gasteiger partial charge in [0.25, 0.3) is 0 Å². The van der Waals surface area contributed by atoms with E-state index in [1.165, 1.54) is 13.5 Å². The summed E-state index contributed by atoms with van der Waals surface area (Å²) in [6, 6.07) is 0.393. The molecular weight excluding hydrogens is 182 g/mol. The fourth-order valence-electron chi connectivity index (χ4n) is 2.77. The van der Waals surface area contributed by atoms with Gasteiger partial charge in [-0.1, -0.05) is 0 Å². The summed E-state index contributed by atoms with van der Waals surface area (Å²) >= 11 is 0. The Hall–Kier alpha value is -0.610. The first-order valence-corrected chi connectivity index (χ1v) is 5.24. The van der Waals surface area contributed by atoms with Gasteiger partial charge in [-0.05, 0) is 18.3 Å². The van der Waals surface area contributed by atoms with Crippen LogP contribution in [0.15, 0.2) is 0 Å². The summed E-state index contributed by atoms with van der Waals surface area (Å²) in [7, 11) is 1.42. The maximum Gasteiger partial charge on any atom is 0.323 e. The predicted octanol–water partition coefficient (Wildman–Crippen LogP) is -0.387. The second-order valence-electron chi connectivity index (χ2n) is 4.68. The zero-order valence-corrected chi connectivity index (χ0v) is 8.22. The Morgan fingerprint density at radius 2 is 2.14 bits per heavy atom. The van der Waals surface area contributed by atoms with E-state index in [4.69, 9.17) is 4.74 Å². The molecule has 3 fully saturated rings. The molecule has 1 N–H and O–H groups in total. The first-order valence-electron chi connectivity index (χ1n) is 5.24. The first kappa shape index (κ1) is 8.68. The molecule has 3 aliphatic rings. The van der Waals surface area contributed by atoms with Crippen molar-refractivity contribution in [1.82, 2.24) is 4.90 Å². The third kappa shape index (κ3) is 1.10. The molecule has 2 aliphatic carbocycles. The van der Waals surface area contributed by atoms with Crippen LogP contribution in [0.3, 0.4) is 0 Å². The van der Waals surface area contributed by atoms with Crippen molar-refractivity contribution in [3.8, 4) is 0 Å². The van der Waals surface area contributed by atoms with E-state index in [0.717, 1.165) is 11.8 Å². The van der Waals surface area contributed by atoms with Gasteiger partial charge in [0.2, 0.25) is 0 Å². The molecule has 4 nitrogen and oxygen atoms in total. The number of likely N-dealkylation sites (tertiary alicyclic amines) is 1. The second kappa shape index (κ2) is 2.70. The van der Waals surface area contributed by atoms with Gasteiger partial charge in [0, 0.05) is 19.0 Å². The minimum Gasteiger partial charge on any atom is -0.468 e. The minimum absolute atomic E-state index is 0.187. The average molecular weight is 197 g/mol. The predicted molar refractivity (Wildman–Crippen MR) is 48.5 cm³/mol. The molecule has 4 heteroatoms. The highest BCUT2D eigenvalue weighted by Gasteiger charge is 2.68. The van der Waals surface area contributed by atoms with E-state index >= 15 is 0 Å². The summed E-state index contributed by atoms with van der Waals surface area (Å²) in [5.74, 6) is 1.47. The topological polar surface area (TPSA) is 49.8 Å². The number of fused-ring (bicyclic) bond motifs is 1. The highest BCUT2D eigenvalue weighted by molar-refractivity contribution is 5.76. The Balaban J connectivity index is 1.71. The molecule has 3 rings (SSSR count). The van der Waals surface area contributed by atoms with Gasteiger partial charge in [-0.15, -0.1) is 0 Å². The summed E-state index contributed by atoms with van der Waals surface area (Å²) in [5, 5.41) is 9.54. The lowest BCUT2D eigenvalue weighted by atomic mass is 10.2. The van der Waals surface area contributed by atoms with Crippen LogP contribution in [0.4, 0.5) is 0 Å². The lowest BCUT2D eigenvalue weighted by molar-refractivity contribution is -0.146. The van der Waals surface area contributed by atoms with Gasteiger partial charge in [-0.25, -0.2) is 0 Å². The SMILES string of the molecule is COC(=O)C1CC(O)CN1C1C2CC21. The molecule has 0 bridgehead atoms. The zero-order valence-electron chi connectivity index (χ0n) is 8.22. The van der Waals surface area contributed by atoms with Gasteiger partial charge in [0.05, 0.1) is 13.2 Å². The zero-order chi connectivity index (χ0) is 9.87. The number of nitrogens with zero attached hydrogens (tertiary/aromatic N) is 1. The maximum absolute atomic E-state index is 11.4. The Morgan fingerprint density at radius 3 is 2.64 bits per heavy atom. The van der Waals surface area contributed by atoms with Crippen LogP contribution < -0.4 is 0 Å². The highest BCUT2D eigenvalue weighted by Crippen LogP contribution is 2.65. The number of aliphatic hydroxyl groups excluding tert-OH is 1. The van der Waals surface area contributed by atoms with Crippen LogP contribution >= 0.6 is 0 Å². The van der Waals surface area contributed by atoms with Crippen molar-refractivity contribution in [2.24, 2.45) is 11.8 Å². The van der Waals surface area contributed by atoms with E-state index in [1.807, 2.05) is 0 Å². The van der Waals surface area contributed by atoms with Crippen LogP contribution in [0.25, 0.3) is 0 Å². The van der Waals surface area contributed by atoms with Gasteiger partial charge in [0.15, 0.2) is 0 Å². The van der Waals surface area contributed by atoms with Gasteiger partial charge < -0.3 is 9.84 Å². The molecule has 0 amide bonds. The summed E-state index contributed by atoms with van der Waals surface area (Å²) in [4.78, 5) is 13.6. The second-order valence-corrected chi connectivity index (χ2v) is 4.68. The van der Waals surface area contributed by atoms with E-state index in [1.54, 1.807) is 0 Å². The molecule has 1 saturated heterocycles. The standard InChI is InChI=1S/C10H15NO3/c1-14-10(13)8-2-5(12)4-11(8)9-6-3-7(6)9/h5-9,12H,2-4H2,1H3. The van der Waals surface area contributed by atoms with Gasteiger partial charge >= 0.3 is 5.97 Å². The van der Waals surface area contributed by atoms with Crippen molar-refractivity contribution in [2.75, 3.05) is 13.7 Å².